The second kappa shape index (κ2) is 6.84. The fraction of sp³-hybridized carbons (Fsp3) is 0.571. The van der Waals surface area contributed by atoms with Gasteiger partial charge in [0.05, 0.1) is 11.1 Å². The van der Waals surface area contributed by atoms with Crippen molar-refractivity contribution in [3.63, 3.8) is 0 Å². The molecule has 0 aliphatic rings. The Morgan fingerprint density at radius 3 is 2.33 bits per heavy atom. The molecule has 2 N–H and O–H groups in total. The van der Waals surface area contributed by atoms with E-state index in [1.807, 2.05) is 20.8 Å². The number of halogens is 2. The quantitative estimate of drug-likeness (QED) is 0.852. The number of nitrogens with one attached hydrogen (secondary N) is 1. The van der Waals surface area contributed by atoms with Gasteiger partial charge in [0, 0.05) is 11.6 Å². The van der Waals surface area contributed by atoms with Gasteiger partial charge >= 0.3 is 0 Å². The minimum atomic E-state index is -3.72. The lowest BCUT2D eigenvalue weighted by atomic mass is 9.87. The first-order valence-corrected chi connectivity index (χ1v) is 8.82. The molecule has 0 radical (unpaired) electrons. The lowest BCUT2D eigenvalue weighted by Gasteiger charge is -2.25. The van der Waals surface area contributed by atoms with Crippen molar-refractivity contribution < 1.29 is 13.5 Å². The number of aliphatic hydroxyl groups is 1. The average Bonchev–Trinajstić information content (AvgIpc) is 2.32. The summed E-state index contributed by atoms with van der Waals surface area (Å²) in [7, 11) is -3.72. The molecule has 1 aromatic rings. The molecule has 4 nitrogen and oxygen atoms in total. The predicted molar refractivity (Wildman–Crippen MR) is 86.5 cm³/mol. The first-order chi connectivity index (χ1) is 9.45. The summed E-state index contributed by atoms with van der Waals surface area (Å²) in [4.78, 5) is -0.00341. The van der Waals surface area contributed by atoms with Gasteiger partial charge in [-0.25, -0.2) is 13.1 Å². The maximum atomic E-state index is 12.2. The first-order valence-electron chi connectivity index (χ1n) is 6.58. The monoisotopic (exact) mass is 353 g/mol. The number of rotatable bonds is 5. The van der Waals surface area contributed by atoms with Crippen molar-refractivity contribution in [1.82, 2.24) is 4.72 Å². The highest BCUT2D eigenvalue weighted by Crippen LogP contribution is 2.28. The van der Waals surface area contributed by atoms with Crippen LogP contribution in [0.3, 0.4) is 0 Å². The van der Waals surface area contributed by atoms with Crippen molar-refractivity contribution in [3.05, 3.63) is 27.7 Å². The number of aryl methyl sites for hydroxylation is 1. The van der Waals surface area contributed by atoms with Crippen LogP contribution in [0.2, 0.25) is 10.0 Å². The highest BCUT2D eigenvalue weighted by atomic mass is 35.5. The van der Waals surface area contributed by atoms with E-state index in [-0.39, 0.29) is 21.9 Å². The summed E-state index contributed by atoms with van der Waals surface area (Å²) in [6, 6.07) is 2.85. The third-order valence-corrected chi connectivity index (χ3v) is 5.55. The molecular formula is C14H21Cl2NO3S. The van der Waals surface area contributed by atoms with E-state index in [0.29, 0.717) is 17.0 Å². The van der Waals surface area contributed by atoms with Crippen molar-refractivity contribution in [3.8, 4) is 0 Å². The summed E-state index contributed by atoms with van der Waals surface area (Å²) in [5, 5.41) is 10.4. The molecule has 120 valence electrons. The number of benzene rings is 1. The Labute approximate surface area is 136 Å². The van der Waals surface area contributed by atoms with Crippen LogP contribution in [0.15, 0.2) is 17.0 Å². The summed E-state index contributed by atoms with van der Waals surface area (Å²) >= 11 is 11.8. The summed E-state index contributed by atoms with van der Waals surface area (Å²) < 4.78 is 26.9. The van der Waals surface area contributed by atoms with Crippen LogP contribution in [0.25, 0.3) is 0 Å². The van der Waals surface area contributed by atoms with Crippen LogP contribution in [-0.2, 0) is 10.0 Å². The van der Waals surface area contributed by atoms with Gasteiger partial charge in [0.1, 0.15) is 4.90 Å². The van der Waals surface area contributed by atoms with Gasteiger partial charge in [-0.05, 0) is 36.5 Å². The molecule has 0 aromatic heterocycles. The standard InChI is InChI=1S/C14H21Cl2NO3S/c1-9-7-12(11(16)8-10(9)15)21(19,20)17-6-5-13(18)14(2,3)4/h7-8,13,17-18H,5-6H2,1-4H3. The van der Waals surface area contributed by atoms with Gasteiger partial charge in [0.25, 0.3) is 0 Å². The molecule has 0 spiro atoms. The van der Waals surface area contributed by atoms with Crippen LogP contribution in [0, 0.1) is 12.3 Å². The Morgan fingerprint density at radius 1 is 1.24 bits per heavy atom. The largest absolute Gasteiger partial charge is 0.393 e. The SMILES string of the molecule is Cc1cc(S(=O)(=O)NCCC(O)C(C)(C)C)c(Cl)cc1Cl. The van der Waals surface area contributed by atoms with Crippen molar-refractivity contribution in [1.29, 1.82) is 0 Å². The fourth-order valence-electron chi connectivity index (χ4n) is 1.68. The lowest BCUT2D eigenvalue weighted by Crippen LogP contribution is -2.32. The summed E-state index contributed by atoms with van der Waals surface area (Å²) in [6.45, 7) is 7.53. The first kappa shape index (κ1) is 18.7. The number of aliphatic hydroxyl groups excluding tert-OH is 1. The maximum absolute atomic E-state index is 12.2. The average molecular weight is 354 g/mol. The topological polar surface area (TPSA) is 66.4 Å². The van der Waals surface area contributed by atoms with E-state index in [0.717, 1.165) is 0 Å². The van der Waals surface area contributed by atoms with Gasteiger partial charge in [-0.1, -0.05) is 44.0 Å². The Bertz CT molecular complexity index is 609. The van der Waals surface area contributed by atoms with E-state index >= 15 is 0 Å². The van der Waals surface area contributed by atoms with Crippen molar-refractivity contribution in [2.75, 3.05) is 6.54 Å². The Hall–Kier alpha value is -0.330. The number of hydrogen-bond donors (Lipinski definition) is 2. The van der Waals surface area contributed by atoms with Crippen LogP contribution < -0.4 is 4.72 Å². The van der Waals surface area contributed by atoms with Crippen LogP contribution in [0.4, 0.5) is 0 Å². The van der Waals surface area contributed by atoms with Crippen molar-refractivity contribution >= 4 is 33.2 Å². The molecule has 0 aliphatic heterocycles. The van der Waals surface area contributed by atoms with E-state index in [2.05, 4.69) is 4.72 Å². The maximum Gasteiger partial charge on any atom is 0.242 e. The van der Waals surface area contributed by atoms with Gasteiger partial charge in [-0.15, -0.1) is 0 Å². The van der Waals surface area contributed by atoms with E-state index < -0.39 is 16.1 Å². The third kappa shape index (κ3) is 5.11. The second-order valence-corrected chi connectivity index (χ2v) is 8.65. The third-order valence-electron chi connectivity index (χ3n) is 3.21. The molecule has 1 rings (SSSR count). The zero-order chi connectivity index (χ0) is 16.4. The minimum absolute atomic E-state index is 0.00341. The normalized spacial score (nSPS) is 14.2. The molecule has 0 fully saturated rings. The van der Waals surface area contributed by atoms with Crippen LogP contribution in [-0.4, -0.2) is 26.2 Å². The van der Waals surface area contributed by atoms with Gasteiger partial charge < -0.3 is 5.11 Å². The number of hydrogen-bond acceptors (Lipinski definition) is 3. The Kier molecular flexibility index (Phi) is 6.09. The molecule has 0 saturated heterocycles. The highest BCUT2D eigenvalue weighted by Gasteiger charge is 2.23. The van der Waals surface area contributed by atoms with Crippen molar-refractivity contribution in [2.45, 2.75) is 45.1 Å². The van der Waals surface area contributed by atoms with Gasteiger partial charge in [0.2, 0.25) is 10.0 Å². The van der Waals surface area contributed by atoms with Gasteiger partial charge in [-0.3, -0.25) is 0 Å². The Balaban J connectivity index is 2.82. The van der Waals surface area contributed by atoms with E-state index in [9.17, 15) is 13.5 Å². The summed E-state index contributed by atoms with van der Waals surface area (Å²) in [5.74, 6) is 0. The van der Waals surface area contributed by atoms with E-state index in [1.165, 1.54) is 12.1 Å². The van der Waals surface area contributed by atoms with E-state index in [1.54, 1.807) is 6.92 Å². The molecule has 0 aliphatic carbocycles. The summed E-state index contributed by atoms with van der Waals surface area (Å²) in [6.07, 6.45) is -0.268. The van der Waals surface area contributed by atoms with Crippen LogP contribution in [0.1, 0.15) is 32.8 Å². The second-order valence-electron chi connectivity index (χ2n) is 6.10. The van der Waals surface area contributed by atoms with Gasteiger partial charge in [0.15, 0.2) is 0 Å². The van der Waals surface area contributed by atoms with E-state index in [4.69, 9.17) is 23.2 Å². The lowest BCUT2D eigenvalue weighted by molar-refractivity contribution is 0.0571. The molecule has 21 heavy (non-hydrogen) atoms. The molecule has 1 atom stereocenters. The minimum Gasteiger partial charge on any atom is -0.393 e. The molecule has 7 heteroatoms. The molecule has 0 bridgehead atoms. The van der Waals surface area contributed by atoms with Crippen LogP contribution in [0.5, 0.6) is 0 Å². The molecule has 0 heterocycles. The molecular weight excluding hydrogens is 333 g/mol. The molecule has 1 aromatic carbocycles. The Morgan fingerprint density at radius 2 is 1.81 bits per heavy atom. The highest BCUT2D eigenvalue weighted by molar-refractivity contribution is 7.89. The zero-order valence-electron chi connectivity index (χ0n) is 12.6. The van der Waals surface area contributed by atoms with Gasteiger partial charge in [-0.2, -0.15) is 0 Å². The molecule has 0 amide bonds. The summed E-state index contributed by atoms with van der Waals surface area (Å²) in [5.41, 5.74) is 0.344. The predicted octanol–water partition coefficient (Wildman–Crippen LogP) is 3.38. The molecule has 0 saturated carbocycles. The number of sulfonamides is 1. The smallest absolute Gasteiger partial charge is 0.242 e. The fourth-order valence-corrected chi connectivity index (χ4v) is 3.56. The zero-order valence-corrected chi connectivity index (χ0v) is 14.9. The van der Waals surface area contributed by atoms with Crippen LogP contribution >= 0.6 is 23.2 Å². The van der Waals surface area contributed by atoms with Crippen molar-refractivity contribution in [2.24, 2.45) is 5.41 Å². The molecule has 1 unspecified atom stereocenters.